The molecular formula is C15H18N2O. The molecule has 2 rings (SSSR count). The van der Waals surface area contributed by atoms with E-state index in [9.17, 15) is 0 Å². The molecule has 94 valence electrons. The summed E-state index contributed by atoms with van der Waals surface area (Å²) in [5.41, 5.74) is 2.20. The van der Waals surface area contributed by atoms with Gasteiger partial charge in [-0.05, 0) is 25.1 Å². The van der Waals surface area contributed by atoms with Crippen molar-refractivity contribution in [2.24, 2.45) is 0 Å². The van der Waals surface area contributed by atoms with Crippen molar-refractivity contribution in [3.63, 3.8) is 0 Å². The Bertz CT molecular complexity index is 485. The molecule has 0 radical (unpaired) electrons. The van der Waals surface area contributed by atoms with Crippen molar-refractivity contribution >= 4 is 0 Å². The Morgan fingerprint density at radius 3 is 2.67 bits per heavy atom. The topological polar surface area (TPSA) is 34.1 Å². The predicted molar refractivity (Wildman–Crippen MR) is 72.5 cm³/mol. The summed E-state index contributed by atoms with van der Waals surface area (Å²) in [6, 6.07) is 14.2. The molecule has 0 amide bonds. The largest absolute Gasteiger partial charge is 0.496 e. The average Bonchev–Trinajstić information content (AvgIpc) is 2.46. The van der Waals surface area contributed by atoms with Gasteiger partial charge in [-0.2, -0.15) is 0 Å². The lowest BCUT2D eigenvalue weighted by Gasteiger charge is -2.14. The van der Waals surface area contributed by atoms with Crippen LogP contribution < -0.4 is 10.1 Å². The third-order valence-corrected chi connectivity index (χ3v) is 2.92. The van der Waals surface area contributed by atoms with E-state index in [1.807, 2.05) is 42.6 Å². The second-order valence-electron chi connectivity index (χ2n) is 4.17. The first-order valence-electron chi connectivity index (χ1n) is 6.07. The maximum atomic E-state index is 5.33. The smallest absolute Gasteiger partial charge is 0.123 e. The van der Waals surface area contributed by atoms with Gasteiger partial charge in [-0.1, -0.05) is 24.3 Å². The fourth-order valence-corrected chi connectivity index (χ4v) is 1.85. The summed E-state index contributed by atoms with van der Waals surface area (Å²) in [6.07, 6.45) is 1.82. The molecule has 0 saturated heterocycles. The van der Waals surface area contributed by atoms with E-state index in [4.69, 9.17) is 4.74 Å². The van der Waals surface area contributed by atoms with Gasteiger partial charge in [-0.3, -0.25) is 4.98 Å². The summed E-state index contributed by atoms with van der Waals surface area (Å²) in [7, 11) is 1.70. The summed E-state index contributed by atoms with van der Waals surface area (Å²) >= 11 is 0. The van der Waals surface area contributed by atoms with E-state index in [2.05, 4.69) is 23.3 Å². The van der Waals surface area contributed by atoms with E-state index in [0.717, 1.165) is 23.6 Å². The number of nitrogens with one attached hydrogen (secondary N) is 1. The maximum absolute atomic E-state index is 5.33. The molecule has 0 saturated carbocycles. The van der Waals surface area contributed by atoms with Crippen LogP contribution in [0.3, 0.4) is 0 Å². The molecule has 0 spiro atoms. The minimum absolute atomic E-state index is 0.219. The van der Waals surface area contributed by atoms with Gasteiger partial charge in [0.15, 0.2) is 0 Å². The van der Waals surface area contributed by atoms with Crippen LogP contribution in [0.1, 0.15) is 24.2 Å². The molecule has 2 aromatic rings. The van der Waals surface area contributed by atoms with Gasteiger partial charge in [0.05, 0.1) is 12.8 Å². The molecule has 0 aliphatic carbocycles. The zero-order valence-electron chi connectivity index (χ0n) is 10.8. The number of hydrogen-bond donors (Lipinski definition) is 1. The van der Waals surface area contributed by atoms with Gasteiger partial charge in [0, 0.05) is 24.3 Å². The molecule has 0 aliphatic rings. The van der Waals surface area contributed by atoms with E-state index in [1.54, 1.807) is 7.11 Å². The molecule has 0 bridgehead atoms. The quantitative estimate of drug-likeness (QED) is 0.875. The van der Waals surface area contributed by atoms with Crippen molar-refractivity contribution in [2.45, 2.75) is 19.5 Å². The molecule has 1 atom stereocenters. The van der Waals surface area contributed by atoms with Gasteiger partial charge in [0.2, 0.25) is 0 Å². The molecule has 1 aromatic carbocycles. The number of pyridine rings is 1. The van der Waals surface area contributed by atoms with Crippen LogP contribution >= 0.6 is 0 Å². The number of benzene rings is 1. The van der Waals surface area contributed by atoms with Crippen molar-refractivity contribution in [3.05, 3.63) is 59.9 Å². The lowest BCUT2D eigenvalue weighted by molar-refractivity contribution is 0.406. The number of rotatable bonds is 5. The summed E-state index contributed by atoms with van der Waals surface area (Å²) in [6.45, 7) is 2.87. The van der Waals surface area contributed by atoms with Crippen molar-refractivity contribution in [3.8, 4) is 5.75 Å². The molecule has 0 fully saturated rings. The predicted octanol–water partition coefficient (Wildman–Crippen LogP) is 2.94. The van der Waals surface area contributed by atoms with E-state index in [1.165, 1.54) is 0 Å². The monoisotopic (exact) mass is 242 g/mol. The van der Waals surface area contributed by atoms with Crippen LogP contribution in [0.15, 0.2) is 48.7 Å². The molecule has 0 unspecified atom stereocenters. The van der Waals surface area contributed by atoms with E-state index < -0.39 is 0 Å². The van der Waals surface area contributed by atoms with Crippen molar-refractivity contribution in [2.75, 3.05) is 7.11 Å². The van der Waals surface area contributed by atoms with Crippen LogP contribution in [0.4, 0.5) is 0 Å². The van der Waals surface area contributed by atoms with Crippen LogP contribution in [0.5, 0.6) is 5.75 Å². The molecule has 3 nitrogen and oxygen atoms in total. The molecule has 3 heteroatoms. The molecule has 18 heavy (non-hydrogen) atoms. The van der Waals surface area contributed by atoms with Crippen molar-refractivity contribution < 1.29 is 4.74 Å². The Kier molecular flexibility index (Phi) is 4.31. The highest BCUT2D eigenvalue weighted by Crippen LogP contribution is 2.18. The highest BCUT2D eigenvalue weighted by Gasteiger charge is 2.07. The fraction of sp³-hybridized carbons (Fsp3) is 0.267. The van der Waals surface area contributed by atoms with Gasteiger partial charge in [-0.25, -0.2) is 0 Å². The number of para-hydroxylation sites is 1. The third kappa shape index (κ3) is 3.08. The van der Waals surface area contributed by atoms with Crippen molar-refractivity contribution in [1.82, 2.24) is 10.3 Å². The van der Waals surface area contributed by atoms with E-state index in [-0.39, 0.29) is 6.04 Å². The number of aromatic nitrogens is 1. The molecule has 1 N–H and O–H groups in total. The van der Waals surface area contributed by atoms with Crippen LogP contribution in [0.2, 0.25) is 0 Å². The molecular weight excluding hydrogens is 224 g/mol. The van der Waals surface area contributed by atoms with Crippen LogP contribution in [-0.4, -0.2) is 12.1 Å². The summed E-state index contributed by atoms with van der Waals surface area (Å²) in [5, 5.41) is 3.45. The second-order valence-corrected chi connectivity index (χ2v) is 4.17. The average molecular weight is 242 g/mol. The minimum Gasteiger partial charge on any atom is -0.496 e. The van der Waals surface area contributed by atoms with Gasteiger partial charge in [-0.15, -0.1) is 0 Å². The standard InChI is InChI=1S/C15H18N2O/c1-12(14-8-5-6-10-16-14)17-11-13-7-3-4-9-15(13)18-2/h3-10,12,17H,11H2,1-2H3/t12-/m0/s1. The van der Waals surface area contributed by atoms with E-state index in [0.29, 0.717) is 0 Å². The first kappa shape index (κ1) is 12.6. The number of hydrogen-bond acceptors (Lipinski definition) is 3. The maximum Gasteiger partial charge on any atom is 0.123 e. The Balaban J connectivity index is 1.99. The van der Waals surface area contributed by atoms with Gasteiger partial charge >= 0.3 is 0 Å². The molecule has 1 aromatic heterocycles. The van der Waals surface area contributed by atoms with Crippen LogP contribution in [0, 0.1) is 0 Å². The highest BCUT2D eigenvalue weighted by molar-refractivity contribution is 5.33. The first-order chi connectivity index (χ1) is 8.81. The van der Waals surface area contributed by atoms with Crippen molar-refractivity contribution in [1.29, 1.82) is 0 Å². The van der Waals surface area contributed by atoms with Gasteiger partial charge < -0.3 is 10.1 Å². The number of ether oxygens (including phenoxy) is 1. The lowest BCUT2D eigenvalue weighted by Crippen LogP contribution is -2.19. The Hall–Kier alpha value is -1.87. The fourth-order valence-electron chi connectivity index (χ4n) is 1.85. The highest BCUT2D eigenvalue weighted by atomic mass is 16.5. The zero-order valence-corrected chi connectivity index (χ0v) is 10.8. The van der Waals surface area contributed by atoms with Crippen LogP contribution in [-0.2, 0) is 6.54 Å². The van der Waals surface area contributed by atoms with Gasteiger partial charge in [0.25, 0.3) is 0 Å². The SMILES string of the molecule is COc1ccccc1CN[C@@H](C)c1ccccn1. The Morgan fingerprint density at radius 1 is 1.17 bits per heavy atom. The minimum atomic E-state index is 0.219. The summed E-state index contributed by atoms with van der Waals surface area (Å²) in [4.78, 5) is 4.34. The number of nitrogens with zero attached hydrogens (tertiary/aromatic N) is 1. The second kappa shape index (κ2) is 6.17. The first-order valence-corrected chi connectivity index (χ1v) is 6.07. The number of methoxy groups -OCH3 is 1. The van der Waals surface area contributed by atoms with Gasteiger partial charge in [0.1, 0.15) is 5.75 Å². The third-order valence-electron chi connectivity index (χ3n) is 2.92. The lowest BCUT2D eigenvalue weighted by atomic mass is 10.1. The van der Waals surface area contributed by atoms with E-state index >= 15 is 0 Å². The zero-order chi connectivity index (χ0) is 12.8. The normalized spacial score (nSPS) is 12.1. The molecule has 0 aliphatic heterocycles. The summed E-state index contributed by atoms with van der Waals surface area (Å²) < 4.78 is 5.33. The molecule has 1 heterocycles. The van der Waals surface area contributed by atoms with Crippen LogP contribution in [0.25, 0.3) is 0 Å². The summed E-state index contributed by atoms with van der Waals surface area (Å²) in [5.74, 6) is 0.915. The Labute approximate surface area is 108 Å². The Morgan fingerprint density at radius 2 is 1.94 bits per heavy atom.